The normalized spacial score (nSPS) is 17.8. The first-order valence-corrected chi connectivity index (χ1v) is 12.0. The third kappa shape index (κ3) is 4.02. The lowest BCUT2D eigenvalue weighted by Crippen LogP contribution is -2.39. The molecule has 10 nitrogen and oxygen atoms in total. The fourth-order valence-electron chi connectivity index (χ4n) is 4.34. The number of thioether (sulfide) groups is 1. The van der Waals surface area contributed by atoms with E-state index in [4.69, 9.17) is 9.15 Å². The van der Waals surface area contributed by atoms with Crippen LogP contribution in [0.1, 0.15) is 23.2 Å². The zero-order valence-electron chi connectivity index (χ0n) is 18.4. The molecule has 1 fully saturated rings. The van der Waals surface area contributed by atoms with Gasteiger partial charge in [-0.05, 0) is 37.3 Å². The van der Waals surface area contributed by atoms with E-state index < -0.39 is 5.76 Å². The van der Waals surface area contributed by atoms with Gasteiger partial charge in [0.15, 0.2) is 5.16 Å². The number of fused-ring (bicyclic) bond motifs is 3. The van der Waals surface area contributed by atoms with Gasteiger partial charge in [0.2, 0.25) is 5.89 Å². The summed E-state index contributed by atoms with van der Waals surface area (Å²) in [5.74, 6) is 0.228. The molecule has 0 spiro atoms. The van der Waals surface area contributed by atoms with Crippen LogP contribution < -0.4 is 15.6 Å². The molecule has 2 aromatic heterocycles. The van der Waals surface area contributed by atoms with Gasteiger partial charge in [-0.3, -0.25) is 4.79 Å². The first-order valence-electron chi connectivity index (χ1n) is 10.8. The number of benzene rings is 1. The molecule has 11 heteroatoms. The Morgan fingerprint density at radius 1 is 1.30 bits per heavy atom. The van der Waals surface area contributed by atoms with E-state index in [1.165, 1.54) is 16.4 Å². The number of nitrogens with zero attached hydrogens (tertiary/aromatic N) is 6. The number of carbonyl (C=O) groups is 1. The third-order valence-electron chi connectivity index (χ3n) is 5.97. The molecule has 5 rings (SSSR count). The molecule has 1 amide bonds. The number of hydrogen-bond donors (Lipinski definition) is 0. The molecule has 172 valence electrons. The minimum absolute atomic E-state index is 0.142. The molecule has 3 aromatic rings. The summed E-state index contributed by atoms with van der Waals surface area (Å²) in [6, 6.07) is 7.52. The fourth-order valence-corrected chi connectivity index (χ4v) is 4.68. The summed E-state index contributed by atoms with van der Waals surface area (Å²) in [5.41, 5.74) is 1.83. The van der Waals surface area contributed by atoms with E-state index in [0.29, 0.717) is 47.5 Å². The molecule has 0 aliphatic carbocycles. The molecule has 0 bridgehead atoms. The summed E-state index contributed by atoms with van der Waals surface area (Å²) in [6.45, 7) is 2.06. The number of carbonyl (C=O) groups excluding carboxylic acids is 1. The second kappa shape index (κ2) is 8.99. The Morgan fingerprint density at radius 2 is 2.18 bits per heavy atom. The smallest absolute Gasteiger partial charge is 0.388 e. The van der Waals surface area contributed by atoms with Gasteiger partial charge in [0, 0.05) is 43.7 Å². The van der Waals surface area contributed by atoms with Crippen molar-refractivity contribution in [2.75, 3.05) is 42.9 Å². The second-order valence-corrected chi connectivity index (χ2v) is 8.71. The van der Waals surface area contributed by atoms with E-state index in [-0.39, 0.29) is 17.8 Å². The molecule has 0 radical (unpaired) electrons. The van der Waals surface area contributed by atoms with E-state index in [9.17, 15) is 9.59 Å². The molecule has 1 saturated heterocycles. The SMILES string of the molecule is COCCn1nc(-c2cccc(N3CC4CCCN4c4nc(SC)ncc4C3=O)c2)oc1=O. The van der Waals surface area contributed by atoms with Crippen LogP contribution in [0.5, 0.6) is 0 Å². The van der Waals surface area contributed by atoms with Gasteiger partial charge in [-0.1, -0.05) is 17.8 Å². The van der Waals surface area contributed by atoms with Gasteiger partial charge in [-0.25, -0.2) is 14.8 Å². The summed E-state index contributed by atoms with van der Waals surface area (Å²) in [4.78, 5) is 38.7. The van der Waals surface area contributed by atoms with Gasteiger partial charge in [0.1, 0.15) is 11.4 Å². The topological polar surface area (TPSA) is 107 Å². The van der Waals surface area contributed by atoms with Crippen LogP contribution in [0.2, 0.25) is 0 Å². The van der Waals surface area contributed by atoms with Crippen LogP contribution in [0.15, 0.2) is 44.8 Å². The fraction of sp³-hybridized carbons (Fsp3) is 0.409. The maximum Gasteiger partial charge on any atom is 0.437 e. The Balaban J connectivity index is 1.52. The largest absolute Gasteiger partial charge is 0.437 e. The highest BCUT2D eigenvalue weighted by Gasteiger charge is 2.37. The highest BCUT2D eigenvalue weighted by Crippen LogP contribution is 2.35. The monoisotopic (exact) mass is 468 g/mol. The Hall–Kier alpha value is -3.18. The van der Waals surface area contributed by atoms with E-state index in [2.05, 4.69) is 20.0 Å². The molecule has 2 aliphatic rings. The van der Waals surface area contributed by atoms with Crippen LogP contribution >= 0.6 is 11.8 Å². The molecule has 1 unspecified atom stereocenters. The highest BCUT2D eigenvalue weighted by molar-refractivity contribution is 7.98. The summed E-state index contributed by atoms with van der Waals surface area (Å²) in [7, 11) is 1.56. The molecule has 0 N–H and O–H groups in total. The van der Waals surface area contributed by atoms with Crippen molar-refractivity contribution in [1.82, 2.24) is 19.7 Å². The molecule has 33 heavy (non-hydrogen) atoms. The van der Waals surface area contributed by atoms with Crippen LogP contribution in [0, 0.1) is 0 Å². The standard InChI is InChI=1S/C22H24N6O4S/c1-31-10-9-28-22(30)32-19(25-28)14-5-3-6-15(11-14)27-13-16-7-4-8-26(16)18-17(20(27)29)12-23-21(24-18)33-2/h3,5-6,11-12,16H,4,7-10,13H2,1-2H3. The third-order valence-corrected chi connectivity index (χ3v) is 6.53. The molecule has 4 heterocycles. The quantitative estimate of drug-likeness (QED) is 0.398. The van der Waals surface area contributed by atoms with Crippen molar-refractivity contribution >= 4 is 29.2 Å². The van der Waals surface area contributed by atoms with Gasteiger partial charge in [-0.2, -0.15) is 4.68 Å². The number of methoxy groups -OCH3 is 1. The zero-order valence-corrected chi connectivity index (χ0v) is 19.2. The van der Waals surface area contributed by atoms with Crippen molar-refractivity contribution in [3.63, 3.8) is 0 Å². The lowest BCUT2D eigenvalue weighted by atomic mass is 10.1. The second-order valence-electron chi connectivity index (χ2n) is 7.94. The van der Waals surface area contributed by atoms with Crippen molar-refractivity contribution in [2.24, 2.45) is 0 Å². The molecule has 1 aromatic carbocycles. The predicted molar refractivity (Wildman–Crippen MR) is 124 cm³/mol. The molecule has 0 saturated carbocycles. The maximum atomic E-state index is 13.6. The Kier molecular flexibility index (Phi) is 5.90. The van der Waals surface area contributed by atoms with Gasteiger partial charge >= 0.3 is 5.76 Å². The lowest BCUT2D eigenvalue weighted by molar-refractivity contribution is 0.0988. The van der Waals surface area contributed by atoms with Crippen LogP contribution in [-0.2, 0) is 11.3 Å². The number of anilines is 2. The summed E-state index contributed by atoms with van der Waals surface area (Å²) < 4.78 is 11.6. The zero-order chi connectivity index (χ0) is 22.9. The molecule has 2 aliphatic heterocycles. The molecular formula is C22H24N6O4S. The number of hydrogen-bond acceptors (Lipinski definition) is 9. The minimum Gasteiger partial charge on any atom is -0.388 e. The van der Waals surface area contributed by atoms with Gasteiger partial charge in [-0.15, -0.1) is 5.10 Å². The summed E-state index contributed by atoms with van der Waals surface area (Å²) in [6.07, 6.45) is 5.59. The van der Waals surface area contributed by atoms with Gasteiger partial charge in [0.25, 0.3) is 5.91 Å². The van der Waals surface area contributed by atoms with Crippen LogP contribution in [0.4, 0.5) is 11.5 Å². The van der Waals surface area contributed by atoms with E-state index in [0.717, 1.165) is 19.4 Å². The van der Waals surface area contributed by atoms with Gasteiger partial charge < -0.3 is 19.0 Å². The average Bonchev–Trinajstić information content (AvgIpc) is 3.44. The number of ether oxygens (including phenoxy) is 1. The highest BCUT2D eigenvalue weighted by atomic mass is 32.2. The number of amides is 1. The van der Waals surface area contributed by atoms with E-state index >= 15 is 0 Å². The first kappa shape index (κ1) is 21.7. The number of rotatable bonds is 6. The van der Waals surface area contributed by atoms with Crippen LogP contribution in [-0.4, -0.2) is 64.8 Å². The summed E-state index contributed by atoms with van der Waals surface area (Å²) >= 11 is 1.46. The predicted octanol–water partition coefficient (Wildman–Crippen LogP) is 2.29. The minimum atomic E-state index is -0.546. The summed E-state index contributed by atoms with van der Waals surface area (Å²) in [5, 5.41) is 4.93. The lowest BCUT2D eigenvalue weighted by Gasteiger charge is -2.27. The molecule has 1 atom stereocenters. The Bertz CT molecular complexity index is 1240. The van der Waals surface area contributed by atoms with E-state index in [1.807, 2.05) is 24.5 Å². The first-order chi connectivity index (χ1) is 16.1. The van der Waals surface area contributed by atoms with Crippen molar-refractivity contribution in [2.45, 2.75) is 30.6 Å². The average molecular weight is 469 g/mol. The van der Waals surface area contributed by atoms with Crippen molar-refractivity contribution in [1.29, 1.82) is 0 Å². The van der Waals surface area contributed by atoms with Crippen LogP contribution in [0.25, 0.3) is 11.5 Å². The van der Waals surface area contributed by atoms with Gasteiger partial charge in [0.05, 0.1) is 13.2 Å². The Labute approximate surface area is 194 Å². The Morgan fingerprint density at radius 3 is 3.00 bits per heavy atom. The number of aromatic nitrogens is 4. The van der Waals surface area contributed by atoms with Crippen LogP contribution in [0.3, 0.4) is 0 Å². The van der Waals surface area contributed by atoms with Crippen molar-refractivity contribution in [3.05, 3.63) is 46.6 Å². The van der Waals surface area contributed by atoms with Crippen molar-refractivity contribution < 1.29 is 13.9 Å². The molecular weight excluding hydrogens is 444 g/mol. The van der Waals surface area contributed by atoms with Crippen molar-refractivity contribution in [3.8, 4) is 11.5 Å². The maximum absolute atomic E-state index is 13.6. The van der Waals surface area contributed by atoms with E-state index in [1.54, 1.807) is 24.3 Å².